The van der Waals surface area contributed by atoms with Crippen LogP contribution in [0.2, 0.25) is 0 Å². The molecule has 0 aliphatic carbocycles. The lowest BCUT2D eigenvalue weighted by molar-refractivity contribution is -0.145. The molecule has 0 unspecified atom stereocenters. The first kappa shape index (κ1) is 44.2. The first-order valence-electron chi connectivity index (χ1n) is 18.9. The molecule has 0 saturated heterocycles. The molecule has 2 aromatic carbocycles. The summed E-state index contributed by atoms with van der Waals surface area (Å²) in [6.07, 6.45) is 9.95. The van der Waals surface area contributed by atoms with Crippen LogP contribution >= 0.6 is 0 Å². The van der Waals surface area contributed by atoms with Crippen LogP contribution in [-0.2, 0) is 60.9 Å². The van der Waals surface area contributed by atoms with Crippen molar-refractivity contribution in [3.8, 4) is 17.2 Å². The number of phenolic OH excluding ortho intramolecular Hbond substituents is 1. The summed E-state index contributed by atoms with van der Waals surface area (Å²) in [5.41, 5.74) is 3.01. The Kier molecular flexibility index (Phi) is 14.8. The topological polar surface area (TPSA) is 257 Å². The molecule has 5 rings (SSSR count). The van der Waals surface area contributed by atoms with E-state index in [1.165, 1.54) is 51.4 Å². The lowest BCUT2D eigenvalue weighted by atomic mass is 9.95. The number of aromatic amines is 2. The maximum Gasteiger partial charge on any atom is 0.328 e. The normalized spacial score (nSPS) is 12.0. The molecule has 0 aliphatic heterocycles. The number of esters is 2. The minimum Gasteiger partial charge on any atom is -0.507 e. The number of nitrogens with one attached hydrogen (secondary N) is 4. The average Bonchev–Trinajstić information content (AvgIpc) is 3.94. The number of hydrogen-bond donors (Lipinski definition) is 6. The molecule has 60 heavy (non-hydrogen) atoms. The molecule has 0 saturated carbocycles. The smallest absolute Gasteiger partial charge is 0.328 e. The lowest BCUT2D eigenvalue weighted by Gasteiger charge is -2.19. The third-order valence-corrected chi connectivity index (χ3v) is 9.38. The van der Waals surface area contributed by atoms with Crippen molar-refractivity contribution in [2.75, 3.05) is 27.4 Å². The first-order valence-corrected chi connectivity index (χ1v) is 18.9. The van der Waals surface area contributed by atoms with Crippen molar-refractivity contribution in [1.29, 1.82) is 0 Å². The molecule has 5 aromatic rings. The van der Waals surface area contributed by atoms with Crippen molar-refractivity contribution in [1.82, 2.24) is 30.6 Å². The summed E-state index contributed by atoms with van der Waals surface area (Å²) >= 11 is 0. The van der Waals surface area contributed by atoms with Gasteiger partial charge in [-0.1, -0.05) is 23.3 Å². The van der Waals surface area contributed by atoms with Gasteiger partial charge in [0.25, 0.3) is 11.8 Å². The van der Waals surface area contributed by atoms with Gasteiger partial charge >= 0.3 is 11.9 Å². The van der Waals surface area contributed by atoms with E-state index in [2.05, 4.69) is 30.6 Å². The van der Waals surface area contributed by atoms with Crippen molar-refractivity contribution >= 4 is 45.7 Å². The standard InChI is InChI=1S/C42H48N6O12/c1-22(2)7-9-26-28(17-49)32(59-19-36(51)48-30(42(55)57-6)12-25-16-44-21-46-25)14-33-37(26)40(53)38-34(60-33)13-31(27(39(38)52)10-8-23(3)4)58-18-35(50)47-29(41(54)56-5)11-24-15-43-20-45-24/h7-8,13-16,20-21,29-30,49,52H,9-12,17-19H2,1-6H3,(H,43,45)(H,44,46)(H,47,50)(H,48,51)/t29-,30-/m0/s1. The number of fused-ring (bicyclic) bond motifs is 2. The fraction of sp³-hybridized carbons (Fsp3) is 0.357. The summed E-state index contributed by atoms with van der Waals surface area (Å²) in [7, 11) is 2.39. The zero-order valence-corrected chi connectivity index (χ0v) is 34.1. The average molecular weight is 829 g/mol. The summed E-state index contributed by atoms with van der Waals surface area (Å²) in [6.45, 7) is 5.66. The molecule has 3 heterocycles. The molecule has 0 bridgehead atoms. The fourth-order valence-corrected chi connectivity index (χ4v) is 6.39. The summed E-state index contributed by atoms with van der Waals surface area (Å²) in [5.74, 6) is -3.12. The van der Waals surface area contributed by atoms with Gasteiger partial charge in [0.2, 0.25) is 5.43 Å². The Hall–Kier alpha value is -6.95. The maximum atomic E-state index is 14.5. The van der Waals surface area contributed by atoms with E-state index in [0.29, 0.717) is 17.0 Å². The number of aliphatic hydroxyl groups excluding tert-OH is 1. The van der Waals surface area contributed by atoms with Crippen molar-refractivity contribution in [3.05, 3.63) is 98.8 Å². The van der Waals surface area contributed by atoms with Crippen LogP contribution in [0.4, 0.5) is 0 Å². The number of methoxy groups -OCH3 is 2. The number of H-pyrrole nitrogens is 2. The first-order chi connectivity index (χ1) is 28.7. The van der Waals surface area contributed by atoms with E-state index in [9.17, 15) is 34.2 Å². The van der Waals surface area contributed by atoms with Crippen molar-refractivity contribution in [2.45, 2.75) is 72.1 Å². The van der Waals surface area contributed by atoms with E-state index in [1.807, 2.05) is 39.8 Å². The van der Waals surface area contributed by atoms with Gasteiger partial charge in [0.15, 0.2) is 13.2 Å². The van der Waals surface area contributed by atoms with Gasteiger partial charge in [-0.15, -0.1) is 0 Å². The lowest BCUT2D eigenvalue weighted by Crippen LogP contribution is -2.45. The molecule has 6 N–H and O–H groups in total. The van der Waals surface area contributed by atoms with Crippen LogP contribution in [0, 0.1) is 0 Å². The van der Waals surface area contributed by atoms with E-state index >= 15 is 0 Å². The number of carbonyl (C=O) groups is 4. The third-order valence-electron chi connectivity index (χ3n) is 9.38. The summed E-state index contributed by atoms with van der Waals surface area (Å²) < 4.78 is 27.9. The van der Waals surface area contributed by atoms with Gasteiger partial charge in [-0.2, -0.15) is 0 Å². The maximum absolute atomic E-state index is 14.5. The number of aromatic nitrogens is 4. The van der Waals surface area contributed by atoms with E-state index in [0.717, 1.165) is 11.1 Å². The van der Waals surface area contributed by atoms with Gasteiger partial charge in [0, 0.05) is 59.9 Å². The zero-order valence-electron chi connectivity index (χ0n) is 34.1. The number of rotatable bonds is 19. The number of aromatic hydroxyl groups is 1. The van der Waals surface area contributed by atoms with Gasteiger partial charge in [0.05, 0.1) is 38.9 Å². The minimum absolute atomic E-state index is 0.00353. The number of nitrogens with zero attached hydrogens (tertiary/aromatic N) is 2. The predicted octanol–water partition coefficient (Wildman–Crippen LogP) is 3.17. The van der Waals surface area contributed by atoms with Gasteiger partial charge in [-0.3, -0.25) is 14.4 Å². The Morgan fingerprint density at radius 1 is 0.750 bits per heavy atom. The Bertz CT molecular complexity index is 2460. The molecular weight excluding hydrogens is 780 g/mol. The highest BCUT2D eigenvalue weighted by Crippen LogP contribution is 2.39. The van der Waals surface area contributed by atoms with E-state index in [-0.39, 0.29) is 70.2 Å². The van der Waals surface area contributed by atoms with Crippen LogP contribution in [0.5, 0.6) is 17.2 Å². The van der Waals surface area contributed by atoms with Crippen LogP contribution in [0.3, 0.4) is 0 Å². The Balaban J connectivity index is 1.54. The largest absolute Gasteiger partial charge is 0.507 e. The third kappa shape index (κ3) is 10.8. The number of aliphatic hydroxyl groups is 1. The van der Waals surface area contributed by atoms with E-state index < -0.39 is 66.8 Å². The molecule has 0 aliphatic rings. The summed E-state index contributed by atoms with van der Waals surface area (Å²) in [4.78, 5) is 79.4. The van der Waals surface area contributed by atoms with Gasteiger partial charge in [-0.25, -0.2) is 19.6 Å². The van der Waals surface area contributed by atoms with Crippen molar-refractivity contribution in [3.63, 3.8) is 0 Å². The molecule has 0 fully saturated rings. The number of phenols is 1. The van der Waals surface area contributed by atoms with Crippen LogP contribution in [0.15, 0.2) is 69.7 Å². The Morgan fingerprint density at radius 3 is 1.65 bits per heavy atom. The molecule has 18 heteroatoms. The summed E-state index contributed by atoms with van der Waals surface area (Å²) in [6, 6.07) is 0.620. The van der Waals surface area contributed by atoms with Crippen LogP contribution in [0.25, 0.3) is 21.9 Å². The quantitative estimate of drug-likeness (QED) is 0.0397. The zero-order chi connectivity index (χ0) is 43.5. The monoisotopic (exact) mass is 828 g/mol. The van der Waals surface area contributed by atoms with Crippen LogP contribution in [0.1, 0.15) is 55.8 Å². The SMILES string of the molecule is COC(=O)[C@H](Cc1cnc[nH]1)NC(=O)COc1cc2oc3cc(OCC(=O)N[C@@H](Cc4cnc[nH]4)C(=O)OC)c(CO)c(CC=C(C)C)c3c(=O)c2c(O)c1CC=C(C)C. The molecular formula is C42H48N6O12. The molecule has 0 spiro atoms. The fourth-order valence-electron chi connectivity index (χ4n) is 6.39. The molecule has 0 radical (unpaired) electrons. The Morgan fingerprint density at radius 2 is 1.22 bits per heavy atom. The second kappa shape index (κ2) is 20.1. The number of benzene rings is 2. The molecule has 18 nitrogen and oxygen atoms in total. The van der Waals surface area contributed by atoms with E-state index in [1.54, 1.807) is 0 Å². The minimum atomic E-state index is -1.06. The number of amides is 2. The number of hydrogen-bond acceptors (Lipinski definition) is 14. The number of imidazole rings is 2. The van der Waals surface area contributed by atoms with Gasteiger partial charge < -0.3 is 54.2 Å². The highest BCUT2D eigenvalue weighted by Gasteiger charge is 2.27. The van der Waals surface area contributed by atoms with E-state index in [4.69, 9.17) is 23.4 Å². The molecule has 3 aromatic heterocycles. The number of ether oxygens (including phenoxy) is 4. The second-order valence-corrected chi connectivity index (χ2v) is 14.3. The van der Waals surface area contributed by atoms with Crippen molar-refractivity contribution in [2.24, 2.45) is 0 Å². The summed E-state index contributed by atoms with van der Waals surface area (Å²) in [5, 5.41) is 27.5. The highest BCUT2D eigenvalue weighted by atomic mass is 16.5. The van der Waals surface area contributed by atoms with Gasteiger partial charge in [0.1, 0.15) is 45.9 Å². The second-order valence-electron chi connectivity index (χ2n) is 14.3. The van der Waals surface area contributed by atoms with Gasteiger partial charge in [-0.05, 0) is 46.1 Å². The number of carbonyl (C=O) groups excluding carboxylic acids is 4. The molecule has 2 atom stereocenters. The molecule has 318 valence electrons. The van der Waals surface area contributed by atoms with Crippen LogP contribution < -0.4 is 25.5 Å². The molecule has 2 amide bonds. The Labute approximate surface area is 344 Å². The highest BCUT2D eigenvalue weighted by molar-refractivity contribution is 5.97. The number of allylic oxidation sites excluding steroid dienone is 4. The van der Waals surface area contributed by atoms with Crippen LogP contribution in [-0.4, -0.2) is 93.4 Å². The van der Waals surface area contributed by atoms with Crippen molar-refractivity contribution < 1.29 is 52.8 Å². The predicted molar refractivity (Wildman–Crippen MR) is 217 cm³/mol.